The zero-order valence-corrected chi connectivity index (χ0v) is 17.1. The number of guanidine groups is 1. The molecule has 0 radical (unpaired) electrons. The van der Waals surface area contributed by atoms with E-state index < -0.39 is 0 Å². The fourth-order valence-electron chi connectivity index (χ4n) is 1.99. The lowest BCUT2D eigenvalue weighted by Gasteiger charge is -2.30. The molecule has 0 heterocycles. The van der Waals surface area contributed by atoms with E-state index in [4.69, 9.17) is 5.73 Å². The highest BCUT2D eigenvalue weighted by atomic mass is 127. The van der Waals surface area contributed by atoms with Gasteiger partial charge >= 0.3 is 0 Å². The van der Waals surface area contributed by atoms with Crippen LogP contribution >= 0.6 is 24.0 Å². The SMILES string of the molecule is CCc1cccc(CC)c1NC(N)=NCC(C)(C)N(C)C.I. The molecule has 0 bridgehead atoms. The maximum Gasteiger partial charge on any atom is 0.193 e. The molecule has 0 aromatic heterocycles. The van der Waals surface area contributed by atoms with Crippen molar-refractivity contribution < 1.29 is 0 Å². The van der Waals surface area contributed by atoms with E-state index in [0.29, 0.717) is 12.5 Å². The van der Waals surface area contributed by atoms with Crippen molar-refractivity contribution in [2.45, 2.75) is 46.1 Å². The Morgan fingerprint density at radius 2 is 1.68 bits per heavy atom. The van der Waals surface area contributed by atoms with Crippen molar-refractivity contribution in [2.75, 3.05) is 26.0 Å². The lowest BCUT2D eigenvalue weighted by molar-refractivity contribution is 0.205. The van der Waals surface area contributed by atoms with Crippen LogP contribution in [0.3, 0.4) is 0 Å². The molecule has 0 unspecified atom stereocenters. The minimum absolute atomic E-state index is 0. The summed E-state index contributed by atoms with van der Waals surface area (Å²) in [5.41, 5.74) is 9.74. The van der Waals surface area contributed by atoms with Gasteiger partial charge in [0.05, 0.1) is 6.54 Å². The van der Waals surface area contributed by atoms with Crippen molar-refractivity contribution in [1.82, 2.24) is 4.90 Å². The lowest BCUT2D eigenvalue weighted by Crippen LogP contribution is -2.42. The first-order valence-electron chi connectivity index (χ1n) is 7.67. The van der Waals surface area contributed by atoms with Gasteiger partial charge in [-0.05, 0) is 51.9 Å². The number of hydrogen-bond donors (Lipinski definition) is 2. The van der Waals surface area contributed by atoms with Crippen molar-refractivity contribution in [3.63, 3.8) is 0 Å². The zero-order valence-electron chi connectivity index (χ0n) is 14.7. The second-order valence-electron chi connectivity index (χ2n) is 6.19. The molecule has 0 aliphatic carbocycles. The summed E-state index contributed by atoms with van der Waals surface area (Å²) in [5, 5.41) is 3.30. The number of rotatable bonds is 6. The number of anilines is 1. The second kappa shape index (κ2) is 9.35. The average Bonchev–Trinajstić information content (AvgIpc) is 2.45. The highest BCUT2D eigenvalue weighted by Crippen LogP contribution is 2.22. The monoisotopic (exact) mass is 418 g/mol. The first kappa shape index (κ1) is 21.2. The molecule has 1 aromatic carbocycles. The molecule has 126 valence electrons. The van der Waals surface area contributed by atoms with Crippen LogP contribution in [-0.2, 0) is 12.8 Å². The van der Waals surface area contributed by atoms with Crippen molar-refractivity contribution in [3.05, 3.63) is 29.3 Å². The van der Waals surface area contributed by atoms with Gasteiger partial charge in [0, 0.05) is 11.2 Å². The number of nitrogens with one attached hydrogen (secondary N) is 1. The predicted octanol–water partition coefficient (Wildman–Crippen LogP) is 3.50. The van der Waals surface area contributed by atoms with Gasteiger partial charge in [0.15, 0.2) is 5.96 Å². The van der Waals surface area contributed by atoms with E-state index in [1.807, 2.05) is 0 Å². The molecule has 0 aliphatic heterocycles. The fourth-order valence-corrected chi connectivity index (χ4v) is 1.99. The Bertz CT molecular complexity index is 473. The fraction of sp³-hybridized carbons (Fsp3) is 0.588. The Labute approximate surface area is 152 Å². The third-order valence-electron chi connectivity index (χ3n) is 4.10. The van der Waals surface area contributed by atoms with Gasteiger partial charge in [-0.3, -0.25) is 4.99 Å². The van der Waals surface area contributed by atoms with E-state index in [0.717, 1.165) is 18.5 Å². The van der Waals surface area contributed by atoms with Crippen molar-refractivity contribution in [3.8, 4) is 0 Å². The zero-order chi connectivity index (χ0) is 16.0. The number of likely N-dealkylation sites (N-methyl/N-ethyl adjacent to an activating group) is 1. The molecule has 4 nitrogen and oxygen atoms in total. The van der Waals surface area contributed by atoms with Gasteiger partial charge in [-0.2, -0.15) is 0 Å². The molecule has 0 spiro atoms. The lowest BCUT2D eigenvalue weighted by atomic mass is 10.0. The van der Waals surface area contributed by atoms with Crippen LogP contribution in [0.2, 0.25) is 0 Å². The van der Waals surface area contributed by atoms with Gasteiger partial charge in [-0.1, -0.05) is 32.0 Å². The largest absolute Gasteiger partial charge is 0.370 e. The third-order valence-corrected chi connectivity index (χ3v) is 4.10. The van der Waals surface area contributed by atoms with Crippen molar-refractivity contribution in [2.24, 2.45) is 10.7 Å². The summed E-state index contributed by atoms with van der Waals surface area (Å²) >= 11 is 0. The molecule has 0 saturated heterocycles. The van der Waals surface area contributed by atoms with Crippen LogP contribution in [0.15, 0.2) is 23.2 Å². The smallest absolute Gasteiger partial charge is 0.193 e. The molecule has 22 heavy (non-hydrogen) atoms. The van der Waals surface area contributed by atoms with Gasteiger partial charge in [-0.25, -0.2) is 0 Å². The summed E-state index contributed by atoms with van der Waals surface area (Å²) < 4.78 is 0. The number of para-hydroxylation sites is 1. The van der Waals surface area contributed by atoms with Crippen LogP contribution < -0.4 is 11.1 Å². The number of aliphatic imine (C=N–C) groups is 1. The Morgan fingerprint density at radius 3 is 2.09 bits per heavy atom. The van der Waals surface area contributed by atoms with Gasteiger partial charge in [-0.15, -0.1) is 24.0 Å². The summed E-state index contributed by atoms with van der Waals surface area (Å²) in [7, 11) is 4.11. The van der Waals surface area contributed by atoms with Crippen LogP contribution in [0, 0.1) is 0 Å². The van der Waals surface area contributed by atoms with E-state index >= 15 is 0 Å². The number of nitrogens with zero attached hydrogens (tertiary/aromatic N) is 2. The third kappa shape index (κ3) is 5.76. The molecule has 3 N–H and O–H groups in total. The summed E-state index contributed by atoms with van der Waals surface area (Å²) in [6.45, 7) is 9.28. The van der Waals surface area contributed by atoms with Crippen molar-refractivity contribution >= 4 is 35.6 Å². The van der Waals surface area contributed by atoms with Gasteiger partial charge in [0.25, 0.3) is 0 Å². The summed E-state index contributed by atoms with van der Waals surface area (Å²) in [4.78, 5) is 6.66. The van der Waals surface area contributed by atoms with E-state index in [-0.39, 0.29) is 29.5 Å². The molecule has 1 rings (SSSR count). The Morgan fingerprint density at radius 1 is 1.18 bits per heavy atom. The Kier molecular flexibility index (Phi) is 9.00. The molecular weight excluding hydrogens is 387 g/mol. The van der Waals surface area contributed by atoms with Crippen LogP contribution in [0.4, 0.5) is 5.69 Å². The molecule has 5 heteroatoms. The topological polar surface area (TPSA) is 53.6 Å². The van der Waals surface area contributed by atoms with E-state index in [2.05, 4.69) is 75.2 Å². The highest BCUT2D eigenvalue weighted by Gasteiger charge is 2.19. The van der Waals surface area contributed by atoms with Crippen LogP contribution in [0.25, 0.3) is 0 Å². The van der Waals surface area contributed by atoms with Gasteiger partial charge < -0.3 is 16.0 Å². The Hall–Kier alpha value is -0.820. The normalized spacial score (nSPS) is 12.2. The predicted molar refractivity (Wildman–Crippen MR) is 108 cm³/mol. The molecule has 0 aliphatic rings. The minimum atomic E-state index is -0.00976. The summed E-state index contributed by atoms with van der Waals surface area (Å²) in [5.74, 6) is 0.487. The van der Waals surface area contributed by atoms with E-state index in [1.54, 1.807) is 0 Å². The van der Waals surface area contributed by atoms with Gasteiger partial charge in [0.1, 0.15) is 0 Å². The highest BCUT2D eigenvalue weighted by molar-refractivity contribution is 14.0. The summed E-state index contributed by atoms with van der Waals surface area (Å²) in [6.07, 6.45) is 1.96. The molecule has 0 atom stereocenters. The van der Waals surface area contributed by atoms with E-state index in [1.165, 1.54) is 11.1 Å². The standard InChI is InChI=1S/C17H30N4.HI/c1-7-13-10-9-11-14(8-2)15(13)20-16(18)19-12-17(3,4)21(5)6;/h9-11H,7-8,12H2,1-6H3,(H3,18,19,20);1H. The quantitative estimate of drug-likeness (QED) is 0.423. The minimum Gasteiger partial charge on any atom is -0.370 e. The Balaban J connectivity index is 0.00000441. The molecular formula is C17H31IN4. The molecule has 0 amide bonds. The summed E-state index contributed by atoms with van der Waals surface area (Å²) in [6, 6.07) is 6.38. The van der Waals surface area contributed by atoms with E-state index in [9.17, 15) is 0 Å². The number of aryl methyl sites for hydroxylation is 2. The average molecular weight is 418 g/mol. The maximum atomic E-state index is 6.08. The number of hydrogen-bond acceptors (Lipinski definition) is 2. The van der Waals surface area contributed by atoms with Gasteiger partial charge in [0.2, 0.25) is 0 Å². The first-order valence-corrected chi connectivity index (χ1v) is 7.67. The van der Waals surface area contributed by atoms with Crippen LogP contribution in [0.5, 0.6) is 0 Å². The number of benzene rings is 1. The molecule has 1 aromatic rings. The first-order chi connectivity index (χ1) is 9.81. The maximum absolute atomic E-state index is 6.08. The van der Waals surface area contributed by atoms with Crippen LogP contribution in [0.1, 0.15) is 38.8 Å². The number of halogens is 1. The second-order valence-corrected chi connectivity index (χ2v) is 6.19. The molecule has 0 fully saturated rings. The molecule has 0 saturated carbocycles. The van der Waals surface area contributed by atoms with Crippen molar-refractivity contribution in [1.29, 1.82) is 0 Å². The van der Waals surface area contributed by atoms with Crippen LogP contribution in [-0.4, -0.2) is 37.0 Å². The number of nitrogens with two attached hydrogens (primary N) is 1.